The summed E-state index contributed by atoms with van der Waals surface area (Å²) in [6.07, 6.45) is 6.33. The average Bonchev–Trinajstić information content (AvgIpc) is 2.87. The lowest BCUT2D eigenvalue weighted by Gasteiger charge is -2.31. The Morgan fingerprint density at radius 2 is 1.95 bits per heavy atom. The second-order valence-corrected chi connectivity index (χ2v) is 6.00. The van der Waals surface area contributed by atoms with Crippen LogP contribution in [0.1, 0.15) is 38.0 Å². The zero-order valence-corrected chi connectivity index (χ0v) is 12.1. The maximum atomic E-state index is 6.42. The second-order valence-electron chi connectivity index (χ2n) is 5.59. The van der Waals surface area contributed by atoms with Gasteiger partial charge >= 0.3 is 0 Å². The second kappa shape index (κ2) is 5.54. The van der Waals surface area contributed by atoms with Crippen LogP contribution in [0.3, 0.4) is 0 Å². The first kappa shape index (κ1) is 13.6. The summed E-state index contributed by atoms with van der Waals surface area (Å²) >= 11 is 6.14. The number of rotatable bonds is 3. The Hall–Kier alpha value is -1.39. The monoisotopic (exact) mass is 291 g/mol. The highest BCUT2D eigenvalue weighted by atomic mass is 35.5. The van der Waals surface area contributed by atoms with E-state index in [1.807, 2.05) is 24.3 Å². The van der Waals surface area contributed by atoms with E-state index in [9.17, 15) is 0 Å². The van der Waals surface area contributed by atoms with E-state index >= 15 is 0 Å². The first-order valence-electron chi connectivity index (χ1n) is 7.03. The molecule has 0 spiro atoms. The Kier molecular flexibility index (Phi) is 3.76. The van der Waals surface area contributed by atoms with Crippen molar-refractivity contribution in [2.45, 2.75) is 44.1 Å². The van der Waals surface area contributed by atoms with Crippen LogP contribution in [0.25, 0.3) is 11.4 Å². The van der Waals surface area contributed by atoms with Crippen molar-refractivity contribution in [3.8, 4) is 11.4 Å². The maximum Gasteiger partial charge on any atom is 0.228 e. The summed E-state index contributed by atoms with van der Waals surface area (Å²) in [4.78, 5) is 4.44. The summed E-state index contributed by atoms with van der Waals surface area (Å²) < 4.78 is 5.34. The van der Waals surface area contributed by atoms with Gasteiger partial charge in [0.25, 0.3) is 0 Å². The van der Waals surface area contributed by atoms with E-state index < -0.39 is 0 Å². The van der Waals surface area contributed by atoms with E-state index in [0.717, 1.165) is 18.4 Å². The number of hydrogen-bond donors (Lipinski definition) is 1. The molecular weight excluding hydrogens is 274 g/mol. The first-order valence-corrected chi connectivity index (χ1v) is 7.40. The highest BCUT2D eigenvalue weighted by molar-refractivity contribution is 6.33. The largest absolute Gasteiger partial charge is 0.339 e. The van der Waals surface area contributed by atoms with Crippen LogP contribution in [0.4, 0.5) is 0 Å². The van der Waals surface area contributed by atoms with Gasteiger partial charge in [-0.05, 0) is 25.0 Å². The van der Waals surface area contributed by atoms with Crippen LogP contribution in [0.15, 0.2) is 28.8 Å². The van der Waals surface area contributed by atoms with Gasteiger partial charge in [0, 0.05) is 17.5 Å². The molecule has 1 heterocycles. The summed E-state index contributed by atoms with van der Waals surface area (Å²) in [5.41, 5.74) is 7.01. The minimum Gasteiger partial charge on any atom is -0.339 e. The molecule has 3 rings (SSSR count). The van der Waals surface area contributed by atoms with Gasteiger partial charge in [-0.2, -0.15) is 4.98 Å². The summed E-state index contributed by atoms with van der Waals surface area (Å²) in [5, 5.41) is 4.64. The van der Waals surface area contributed by atoms with Gasteiger partial charge in [0.2, 0.25) is 11.7 Å². The van der Waals surface area contributed by atoms with Crippen LogP contribution in [0.5, 0.6) is 0 Å². The van der Waals surface area contributed by atoms with Crippen LogP contribution < -0.4 is 5.73 Å². The van der Waals surface area contributed by atoms with E-state index in [2.05, 4.69) is 10.1 Å². The van der Waals surface area contributed by atoms with E-state index in [1.54, 1.807) is 0 Å². The molecule has 0 amide bonds. The molecule has 0 radical (unpaired) electrons. The fourth-order valence-corrected chi connectivity index (χ4v) is 3.03. The van der Waals surface area contributed by atoms with Crippen LogP contribution >= 0.6 is 11.6 Å². The minimum atomic E-state index is -0.192. The number of hydrogen-bond acceptors (Lipinski definition) is 4. The number of halogens is 1. The molecule has 0 bridgehead atoms. The predicted octanol–water partition coefficient (Wildman–Crippen LogP) is 3.59. The van der Waals surface area contributed by atoms with Gasteiger partial charge in [-0.3, -0.25) is 0 Å². The number of nitrogens with zero attached hydrogens (tertiary/aromatic N) is 2. The van der Waals surface area contributed by atoms with Gasteiger partial charge < -0.3 is 10.3 Å². The topological polar surface area (TPSA) is 64.9 Å². The third-order valence-electron chi connectivity index (χ3n) is 3.94. The van der Waals surface area contributed by atoms with Crippen molar-refractivity contribution in [3.05, 3.63) is 35.2 Å². The summed E-state index contributed by atoms with van der Waals surface area (Å²) in [6.45, 7) is 0. The molecule has 0 unspecified atom stereocenters. The summed E-state index contributed by atoms with van der Waals surface area (Å²) in [6, 6.07) is 7.49. The zero-order valence-electron chi connectivity index (χ0n) is 11.3. The highest BCUT2D eigenvalue weighted by Crippen LogP contribution is 2.30. The molecule has 0 aliphatic heterocycles. The number of nitrogens with two attached hydrogens (primary N) is 1. The van der Waals surface area contributed by atoms with E-state index in [0.29, 0.717) is 23.2 Å². The predicted molar refractivity (Wildman–Crippen MR) is 78.5 cm³/mol. The molecule has 1 saturated carbocycles. The molecule has 0 saturated heterocycles. The van der Waals surface area contributed by atoms with Gasteiger partial charge in [-0.25, -0.2) is 0 Å². The third kappa shape index (κ3) is 2.86. The van der Waals surface area contributed by atoms with Crippen molar-refractivity contribution in [2.75, 3.05) is 0 Å². The van der Waals surface area contributed by atoms with Gasteiger partial charge in [0.15, 0.2) is 0 Å². The molecule has 0 atom stereocenters. The Morgan fingerprint density at radius 3 is 2.70 bits per heavy atom. The third-order valence-corrected chi connectivity index (χ3v) is 4.27. The van der Waals surface area contributed by atoms with Crippen molar-refractivity contribution >= 4 is 11.6 Å². The standard InChI is InChI=1S/C15H18ClN3O/c16-12-7-3-2-6-11(12)14-18-13(20-19-14)10-15(17)8-4-1-5-9-15/h2-3,6-7H,1,4-5,8-10,17H2. The molecule has 106 valence electrons. The Labute approximate surface area is 123 Å². The van der Waals surface area contributed by atoms with Crippen LogP contribution in [-0.2, 0) is 6.42 Å². The molecule has 1 aliphatic rings. The van der Waals surface area contributed by atoms with Gasteiger partial charge in [0.05, 0.1) is 5.02 Å². The molecule has 2 N–H and O–H groups in total. The molecule has 2 aromatic rings. The Bertz CT molecular complexity index is 590. The lowest BCUT2D eigenvalue weighted by molar-refractivity contribution is 0.261. The van der Waals surface area contributed by atoms with Crippen LogP contribution in [0, 0.1) is 0 Å². The molecule has 20 heavy (non-hydrogen) atoms. The average molecular weight is 292 g/mol. The molecule has 1 aromatic heterocycles. The number of benzene rings is 1. The molecule has 4 nitrogen and oxygen atoms in total. The van der Waals surface area contributed by atoms with Crippen molar-refractivity contribution in [1.82, 2.24) is 10.1 Å². The lowest BCUT2D eigenvalue weighted by atomic mass is 9.80. The molecule has 1 aliphatic carbocycles. The van der Waals surface area contributed by atoms with Crippen molar-refractivity contribution < 1.29 is 4.52 Å². The normalized spacial score (nSPS) is 18.1. The fourth-order valence-electron chi connectivity index (χ4n) is 2.81. The van der Waals surface area contributed by atoms with Crippen molar-refractivity contribution in [2.24, 2.45) is 5.73 Å². The van der Waals surface area contributed by atoms with Gasteiger partial charge in [0.1, 0.15) is 0 Å². The summed E-state index contributed by atoms with van der Waals surface area (Å²) in [7, 11) is 0. The maximum absolute atomic E-state index is 6.42. The SMILES string of the molecule is NC1(Cc2nc(-c3ccccc3Cl)no2)CCCCC1. The van der Waals surface area contributed by atoms with E-state index in [4.69, 9.17) is 21.9 Å². The minimum absolute atomic E-state index is 0.192. The van der Waals surface area contributed by atoms with Crippen LogP contribution in [0.2, 0.25) is 5.02 Å². The van der Waals surface area contributed by atoms with Gasteiger partial charge in [-0.1, -0.05) is 48.2 Å². The van der Waals surface area contributed by atoms with Crippen molar-refractivity contribution in [1.29, 1.82) is 0 Å². The summed E-state index contributed by atoms with van der Waals surface area (Å²) in [5.74, 6) is 1.13. The van der Waals surface area contributed by atoms with Gasteiger partial charge in [-0.15, -0.1) is 0 Å². The van der Waals surface area contributed by atoms with Crippen molar-refractivity contribution in [3.63, 3.8) is 0 Å². The molecule has 5 heteroatoms. The molecular formula is C15H18ClN3O. The smallest absolute Gasteiger partial charge is 0.228 e. The Morgan fingerprint density at radius 1 is 1.20 bits per heavy atom. The van der Waals surface area contributed by atoms with E-state index in [-0.39, 0.29) is 5.54 Å². The fraction of sp³-hybridized carbons (Fsp3) is 0.467. The van der Waals surface area contributed by atoms with E-state index in [1.165, 1.54) is 19.3 Å². The molecule has 1 aromatic carbocycles. The zero-order chi connectivity index (χ0) is 14.0. The van der Waals surface area contributed by atoms with Crippen LogP contribution in [-0.4, -0.2) is 15.7 Å². The number of aromatic nitrogens is 2. The molecule has 1 fully saturated rings. The Balaban J connectivity index is 1.79. The quantitative estimate of drug-likeness (QED) is 0.938. The highest BCUT2D eigenvalue weighted by Gasteiger charge is 2.30. The lowest BCUT2D eigenvalue weighted by Crippen LogP contribution is -2.43. The first-order chi connectivity index (χ1) is 9.66.